The van der Waals surface area contributed by atoms with E-state index in [1.165, 1.54) is 0 Å². The molecule has 0 radical (unpaired) electrons. The number of aliphatic imine (C=N–C) groups is 1. The molecule has 8 heteroatoms. The molecule has 142 valence electrons. The molecule has 0 spiro atoms. The third kappa shape index (κ3) is 9.59. The summed E-state index contributed by atoms with van der Waals surface area (Å²) in [6, 6.07) is 1.91. The zero-order valence-corrected chi connectivity index (χ0v) is 16.1. The molecule has 1 aromatic heterocycles. The molecule has 0 saturated heterocycles. The van der Waals surface area contributed by atoms with E-state index < -0.39 is 5.60 Å². The van der Waals surface area contributed by atoms with Gasteiger partial charge in [-0.2, -0.15) is 5.10 Å². The SMILES string of the molecule is CCNC(=NCCCn1cccn1)NCCN(C)C(=O)OC(C)(C)C. The second-order valence-electron chi connectivity index (χ2n) is 6.71. The van der Waals surface area contributed by atoms with Gasteiger partial charge in [-0.3, -0.25) is 9.67 Å². The topological polar surface area (TPSA) is 83.8 Å². The van der Waals surface area contributed by atoms with Crippen LogP contribution in [0, 0.1) is 0 Å². The minimum absolute atomic E-state index is 0.324. The highest BCUT2D eigenvalue weighted by Crippen LogP contribution is 2.08. The van der Waals surface area contributed by atoms with Crippen molar-refractivity contribution in [2.75, 3.05) is 33.2 Å². The van der Waals surface area contributed by atoms with Crippen molar-refractivity contribution in [2.24, 2.45) is 4.99 Å². The van der Waals surface area contributed by atoms with E-state index in [2.05, 4.69) is 20.7 Å². The van der Waals surface area contributed by atoms with Crippen LogP contribution >= 0.6 is 0 Å². The fourth-order valence-corrected chi connectivity index (χ4v) is 1.97. The number of hydrogen-bond acceptors (Lipinski definition) is 4. The summed E-state index contributed by atoms with van der Waals surface area (Å²) in [7, 11) is 1.73. The molecule has 0 bridgehead atoms. The Labute approximate surface area is 150 Å². The third-order valence-corrected chi connectivity index (χ3v) is 3.16. The molecule has 0 aliphatic rings. The lowest BCUT2D eigenvalue weighted by atomic mass is 10.2. The zero-order chi connectivity index (χ0) is 18.7. The number of likely N-dealkylation sites (N-methyl/N-ethyl adjacent to an activating group) is 1. The van der Waals surface area contributed by atoms with Crippen LogP contribution < -0.4 is 10.6 Å². The number of nitrogens with zero attached hydrogens (tertiary/aromatic N) is 4. The summed E-state index contributed by atoms with van der Waals surface area (Å²) in [5, 5.41) is 10.6. The summed E-state index contributed by atoms with van der Waals surface area (Å²) in [4.78, 5) is 18.0. The summed E-state index contributed by atoms with van der Waals surface area (Å²) in [5.41, 5.74) is -0.482. The Hall–Kier alpha value is -2.25. The third-order valence-electron chi connectivity index (χ3n) is 3.16. The van der Waals surface area contributed by atoms with Gasteiger partial charge in [-0.1, -0.05) is 0 Å². The lowest BCUT2D eigenvalue weighted by molar-refractivity contribution is 0.0302. The predicted octanol–water partition coefficient (Wildman–Crippen LogP) is 1.70. The van der Waals surface area contributed by atoms with Crippen LogP contribution in [-0.2, 0) is 11.3 Å². The fraction of sp³-hybridized carbons (Fsp3) is 0.706. The monoisotopic (exact) mass is 352 g/mol. The zero-order valence-electron chi connectivity index (χ0n) is 16.1. The average molecular weight is 352 g/mol. The summed E-state index contributed by atoms with van der Waals surface area (Å²) in [5.74, 6) is 0.751. The molecule has 1 aromatic rings. The molecule has 0 aliphatic carbocycles. The first kappa shape index (κ1) is 20.8. The molecule has 2 N–H and O–H groups in total. The second-order valence-corrected chi connectivity index (χ2v) is 6.71. The van der Waals surface area contributed by atoms with Gasteiger partial charge in [-0.25, -0.2) is 4.79 Å². The maximum Gasteiger partial charge on any atom is 0.410 e. The van der Waals surface area contributed by atoms with Crippen molar-refractivity contribution >= 4 is 12.1 Å². The number of nitrogens with one attached hydrogen (secondary N) is 2. The Kier molecular flexibility index (Phi) is 8.80. The largest absolute Gasteiger partial charge is 0.444 e. The molecular weight excluding hydrogens is 320 g/mol. The Morgan fingerprint density at radius 3 is 2.72 bits per heavy atom. The number of guanidine groups is 1. The molecule has 1 heterocycles. The number of rotatable bonds is 8. The highest BCUT2D eigenvalue weighted by molar-refractivity contribution is 5.79. The number of carbonyl (C=O) groups is 1. The van der Waals surface area contributed by atoms with Crippen LogP contribution in [-0.4, -0.2) is 65.6 Å². The van der Waals surface area contributed by atoms with Crippen LogP contribution in [0.3, 0.4) is 0 Å². The lowest BCUT2D eigenvalue weighted by Gasteiger charge is -2.24. The van der Waals surface area contributed by atoms with Gasteiger partial charge in [0.05, 0.1) is 0 Å². The molecule has 0 fully saturated rings. The maximum absolute atomic E-state index is 11.9. The maximum atomic E-state index is 11.9. The van der Waals surface area contributed by atoms with Crippen LogP contribution in [0.2, 0.25) is 0 Å². The highest BCUT2D eigenvalue weighted by atomic mass is 16.6. The van der Waals surface area contributed by atoms with Gasteiger partial charge in [-0.05, 0) is 40.2 Å². The normalized spacial score (nSPS) is 12.0. The molecule has 1 rings (SSSR count). The van der Waals surface area contributed by atoms with Gasteiger partial charge < -0.3 is 20.3 Å². The highest BCUT2D eigenvalue weighted by Gasteiger charge is 2.19. The van der Waals surface area contributed by atoms with Crippen LogP contribution in [0.25, 0.3) is 0 Å². The van der Waals surface area contributed by atoms with E-state index in [1.807, 2.05) is 44.6 Å². The standard InChI is InChI=1S/C17H32N6O2/c1-6-18-15(19-9-7-12-23-13-8-10-21-23)20-11-14-22(5)16(24)25-17(2,3)4/h8,10,13H,6-7,9,11-12,14H2,1-5H3,(H2,18,19,20). The van der Waals surface area contributed by atoms with Gasteiger partial charge in [-0.15, -0.1) is 0 Å². The van der Waals surface area contributed by atoms with E-state index in [4.69, 9.17) is 4.74 Å². The van der Waals surface area contributed by atoms with E-state index in [0.717, 1.165) is 25.5 Å². The molecule has 1 amide bonds. The Morgan fingerprint density at radius 1 is 1.36 bits per heavy atom. The van der Waals surface area contributed by atoms with Crippen LogP contribution in [0.15, 0.2) is 23.5 Å². The lowest BCUT2D eigenvalue weighted by Crippen LogP contribution is -2.43. The first-order chi connectivity index (χ1) is 11.8. The van der Waals surface area contributed by atoms with Gasteiger partial charge in [0.2, 0.25) is 0 Å². The Bertz CT molecular complexity index is 522. The molecule has 0 atom stereocenters. The van der Waals surface area contributed by atoms with Crippen LogP contribution in [0.5, 0.6) is 0 Å². The summed E-state index contributed by atoms with van der Waals surface area (Å²) >= 11 is 0. The Morgan fingerprint density at radius 2 is 2.12 bits per heavy atom. The van der Waals surface area contributed by atoms with E-state index in [1.54, 1.807) is 18.1 Å². The molecule has 8 nitrogen and oxygen atoms in total. The minimum Gasteiger partial charge on any atom is -0.444 e. The number of aryl methyl sites for hydroxylation is 1. The molecular formula is C17H32N6O2. The van der Waals surface area contributed by atoms with Gasteiger partial charge in [0.25, 0.3) is 0 Å². The van der Waals surface area contributed by atoms with Gasteiger partial charge >= 0.3 is 6.09 Å². The summed E-state index contributed by atoms with van der Waals surface area (Å²) in [6.07, 6.45) is 4.31. The molecule has 0 aliphatic heterocycles. The average Bonchev–Trinajstić information content (AvgIpc) is 3.03. The van der Waals surface area contributed by atoms with Gasteiger partial charge in [0, 0.05) is 52.2 Å². The summed E-state index contributed by atoms with van der Waals surface area (Å²) < 4.78 is 7.22. The summed E-state index contributed by atoms with van der Waals surface area (Å²) in [6.45, 7) is 11.1. The quantitative estimate of drug-likeness (QED) is 0.423. The van der Waals surface area contributed by atoms with Crippen LogP contribution in [0.4, 0.5) is 4.79 Å². The van der Waals surface area contributed by atoms with Gasteiger partial charge in [0.15, 0.2) is 5.96 Å². The molecule has 0 saturated carbocycles. The Balaban J connectivity index is 2.31. The van der Waals surface area contributed by atoms with E-state index >= 15 is 0 Å². The van der Waals surface area contributed by atoms with E-state index in [0.29, 0.717) is 19.6 Å². The smallest absolute Gasteiger partial charge is 0.410 e. The fourth-order valence-electron chi connectivity index (χ4n) is 1.97. The first-order valence-corrected chi connectivity index (χ1v) is 8.75. The second kappa shape index (κ2) is 10.6. The number of aromatic nitrogens is 2. The van der Waals surface area contributed by atoms with Crippen molar-refractivity contribution < 1.29 is 9.53 Å². The van der Waals surface area contributed by atoms with Crippen molar-refractivity contribution in [2.45, 2.75) is 46.3 Å². The number of ether oxygens (including phenoxy) is 1. The molecule has 0 unspecified atom stereocenters. The minimum atomic E-state index is -0.482. The first-order valence-electron chi connectivity index (χ1n) is 8.75. The molecule has 0 aromatic carbocycles. The number of amides is 1. The van der Waals surface area contributed by atoms with Crippen molar-refractivity contribution in [3.63, 3.8) is 0 Å². The van der Waals surface area contributed by atoms with E-state index in [-0.39, 0.29) is 6.09 Å². The van der Waals surface area contributed by atoms with Crippen molar-refractivity contribution in [3.8, 4) is 0 Å². The van der Waals surface area contributed by atoms with E-state index in [9.17, 15) is 4.79 Å². The molecule has 25 heavy (non-hydrogen) atoms. The van der Waals surface area contributed by atoms with Crippen molar-refractivity contribution in [1.29, 1.82) is 0 Å². The predicted molar refractivity (Wildman–Crippen MR) is 99.7 cm³/mol. The van der Waals surface area contributed by atoms with Crippen molar-refractivity contribution in [1.82, 2.24) is 25.3 Å². The van der Waals surface area contributed by atoms with Crippen LogP contribution in [0.1, 0.15) is 34.1 Å². The van der Waals surface area contributed by atoms with Gasteiger partial charge in [0.1, 0.15) is 5.60 Å². The number of hydrogen-bond donors (Lipinski definition) is 2. The van der Waals surface area contributed by atoms with Crippen molar-refractivity contribution in [3.05, 3.63) is 18.5 Å². The number of carbonyl (C=O) groups excluding carboxylic acids is 1.